The van der Waals surface area contributed by atoms with Crippen LogP contribution in [0.3, 0.4) is 0 Å². The smallest absolute Gasteiger partial charge is 0.274 e. The number of aryl methyl sites for hydroxylation is 1. The fourth-order valence-corrected chi connectivity index (χ4v) is 4.80. The van der Waals surface area contributed by atoms with Crippen LogP contribution in [-0.2, 0) is 13.0 Å². The average Bonchev–Trinajstić information content (AvgIpc) is 2.86. The van der Waals surface area contributed by atoms with Gasteiger partial charge in [-0.1, -0.05) is 12.1 Å². The maximum absolute atomic E-state index is 13.3. The predicted molar refractivity (Wildman–Crippen MR) is 122 cm³/mol. The van der Waals surface area contributed by atoms with E-state index in [1.165, 1.54) is 23.9 Å². The van der Waals surface area contributed by atoms with E-state index in [4.69, 9.17) is 9.97 Å². The first kappa shape index (κ1) is 21.4. The number of carbonyl (C=O) groups excluding carboxylic acids is 1. The second kappa shape index (κ2) is 9.21. The summed E-state index contributed by atoms with van der Waals surface area (Å²) in [6, 6.07) is 6.66. The van der Waals surface area contributed by atoms with E-state index in [0.717, 1.165) is 55.1 Å². The van der Waals surface area contributed by atoms with Gasteiger partial charge in [0.25, 0.3) is 5.91 Å². The third-order valence-corrected chi connectivity index (χ3v) is 6.51. The van der Waals surface area contributed by atoms with Gasteiger partial charge in [-0.05, 0) is 50.3 Å². The van der Waals surface area contributed by atoms with Crippen LogP contribution in [0.2, 0.25) is 0 Å². The number of benzene rings is 1. The molecule has 0 saturated carbocycles. The Kier molecular flexibility index (Phi) is 5.98. The van der Waals surface area contributed by atoms with E-state index >= 15 is 0 Å². The van der Waals surface area contributed by atoms with Crippen molar-refractivity contribution in [2.24, 2.45) is 0 Å². The normalized spacial score (nSPS) is 18.2. The summed E-state index contributed by atoms with van der Waals surface area (Å²) < 4.78 is 13.3. The highest BCUT2D eigenvalue weighted by Gasteiger charge is 2.30. The van der Waals surface area contributed by atoms with Crippen molar-refractivity contribution in [3.05, 3.63) is 77.0 Å². The van der Waals surface area contributed by atoms with Crippen LogP contribution in [0, 0.1) is 12.7 Å². The number of likely N-dealkylation sites (tertiary alicyclic amines) is 1. The molecule has 2 aromatic heterocycles. The highest BCUT2D eigenvalue weighted by molar-refractivity contribution is 5.92. The van der Waals surface area contributed by atoms with Crippen molar-refractivity contribution in [1.82, 2.24) is 24.8 Å². The van der Waals surface area contributed by atoms with Crippen LogP contribution in [0.25, 0.3) is 0 Å². The molecule has 3 aromatic rings. The van der Waals surface area contributed by atoms with Crippen molar-refractivity contribution in [2.45, 2.75) is 45.1 Å². The van der Waals surface area contributed by atoms with Crippen LogP contribution in [0.15, 0.2) is 42.9 Å². The summed E-state index contributed by atoms with van der Waals surface area (Å²) in [5, 5.41) is 0. The van der Waals surface area contributed by atoms with E-state index in [9.17, 15) is 9.18 Å². The topological polar surface area (TPSA) is 75.1 Å². The minimum atomic E-state index is -0.226. The van der Waals surface area contributed by atoms with Crippen LogP contribution in [0.4, 0.5) is 10.2 Å². The second-order valence-corrected chi connectivity index (χ2v) is 8.80. The first-order valence-corrected chi connectivity index (χ1v) is 11.5. The summed E-state index contributed by atoms with van der Waals surface area (Å²) in [5.41, 5.74) is 3.62. The van der Waals surface area contributed by atoms with Gasteiger partial charge in [0.2, 0.25) is 0 Å². The predicted octanol–water partition coefficient (Wildman–Crippen LogP) is 3.69. The summed E-state index contributed by atoms with van der Waals surface area (Å²) in [7, 11) is 0. The van der Waals surface area contributed by atoms with Gasteiger partial charge in [-0.2, -0.15) is 0 Å². The Labute approximate surface area is 192 Å². The number of halogens is 1. The third-order valence-electron chi connectivity index (χ3n) is 6.51. The summed E-state index contributed by atoms with van der Waals surface area (Å²) in [5.74, 6) is 1.54. The molecule has 5 rings (SSSR count). The maximum Gasteiger partial charge on any atom is 0.274 e. The van der Waals surface area contributed by atoms with Crippen LogP contribution in [0.5, 0.6) is 0 Å². The molecule has 1 fully saturated rings. The van der Waals surface area contributed by atoms with Crippen molar-refractivity contribution in [1.29, 1.82) is 0 Å². The highest BCUT2D eigenvalue weighted by Crippen LogP contribution is 2.32. The highest BCUT2D eigenvalue weighted by atomic mass is 19.1. The molecule has 0 bridgehead atoms. The van der Waals surface area contributed by atoms with E-state index in [2.05, 4.69) is 21.8 Å². The maximum atomic E-state index is 13.3. The summed E-state index contributed by atoms with van der Waals surface area (Å²) >= 11 is 0. The molecule has 1 saturated heterocycles. The quantitative estimate of drug-likeness (QED) is 0.609. The number of hydrogen-bond acceptors (Lipinski definition) is 6. The fourth-order valence-electron chi connectivity index (χ4n) is 4.80. The molecule has 0 unspecified atom stereocenters. The number of aromatic nitrogens is 4. The lowest BCUT2D eigenvalue weighted by Gasteiger charge is -2.34. The zero-order valence-corrected chi connectivity index (χ0v) is 18.7. The number of carbonyl (C=O) groups is 1. The molecule has 8 heteroatoms. The molecule has 0 radical (unpaired) electrons. The molecule has 4 heterocycles. The monoisotopic (exact) mass is 446 g/mol. The van der Waals surface area contributed by atoms with E-state index in [1.54, 1.807) is 12.4 Å². The molecule has 1 aromatic carbocycles. The first-order valence-electron chi connectivity index (χ1n) is 11.5. The van der Waals surface area contributed by atoms with Crippen LogP contribution < -0.4 is 4.90 Å². The van der Waals surface area contributed by atoms with Gasteiger partial charge < -0.3 is 9.80 Å². The molecule has 33 heavy (non-hydrogen) atoms. The number of nitrogens with zero attached hydrogens (tertiary/aromatic N) is 6. The lowest BCUT2D eigenvalue weighted by Crippen LogP contribution is -2.40. The lowest BCUT2D eigenvalue weighted by atomic mass is 9.95. The Morgan fingerprint density at radius 2 is 1.97 bits per heavy atom. The van der Waals surface area contributed by atoms with Gasteiger partial charge in [-0.25, -0.2) is 19.3 Å². The van der Waals surface area contributed by atoms with Crippen molar-refractivity contribution in [3.63, 3.8) is 0 Å². The number of anilines is 1. The van der Waals surface area contributed by atoms with Crippen molar-refractivity contribution in [3.8, 4) is 0 Å². The van der Waals surface area contributed by atoms with Crippen molar-refractivity contribution in [2.75, 3.05) is 24.5 Å². The van der Waals surface area contributed by atoms with Crippen molar-refractivity contribution < 1.29 is 9.18 Å². The molecular weight excluding hydrogens is 419 g/mol. The number of rotatable bonds is 4. The van der Waals surface area contributed by atoms with Crippen LogP contribution >= 0.6 is 0 Å². The summed E-state index contributed by atoms with van der Waals surface area (Å²) in [4.78, 5) is 35.1. The third kappa shape index (κ3) is 4.55. The molecule has 1 atom stereocenters. The molecule has 7 nitrogen and oxygen atoms in total. The lowest BCUT2D eigenvalue weighted by molar-refractivity contribution is 0.0698. The van der Waals surface area contributed by atoms with Gasteiger partial charge in [-0.15, -0.1) is 0 Å². The van der Waals surface area contributed by atoms with Gasteiger partial charge in [0.05, 0.1) is 6.20 Å². The Bertz CT molecular complexity index is 1140. The minimum Gasteiger partial charge on any atom is -0.352 e. The van der Waals surface area contributed by atoms with E-state index in [-0.39, 0.29) is 17.6 Å². The zero-order chi connectivity index (χ0) is 22.8. The molecule has 2 aliphatic heterocycles. The molecule has 1 amide bonds. The molecule has 0 spiro atoms. The van der Waals surface area contributed by atoms with E-state index in [0.29, 0.717) is 25.3 Å². The summed E-state index contributed by atoms with van der Waals surface area (Å²) in [6.07, 6.45) is 8.47. The van der Waals surface area contributed by atoms with E-state index in [1.807, 2.05) is 17.0 Å². The number of amides is 1. The van der Waals surface area contributed by atoms with Gasteiger partial charge in [-0.3, -0.25) is 9.78 Å². The summed E-state index contributed by atoms with van der Waals surface area (Å²) in [6.45, 7) is 4.92. The van der Waals surface area contributed by atoms with Gasteiger partial charge in [0, 0.05) is 55.7 Å². The number of hydrogen-bond donors (Lipinski definition) is 0. The second-order valence-electron chi connectivity index (χ2n) is 8.80. The van der Waals surface area contributed by atoms with Gasteiger partial charge >= 0.3 is 0 Å². The minimum absolute atomic E-state index is 0.0815. The van der Waals surface area contributed by atoms with Gasteiger partial charge in [0.15, 0.2) is 0 Å². The SMILES string of the molecule is Cc1nc([C@H]2CCCN(C(=O)c3cnccn3)C2)nc2c1CCCN2Cc1ccc(F)cc1. The number of piperidine rings is 1. The van der Waals surface area contributed by atoms with Crippen LogP contribution in [0.1, 0.15) is 58.3 Å². The average molecular weight is 447 g/mol. The zero-order valence-electron chi connectivity index (χ0n) is 18.7. The first-order chi connectivity index (χ1) is 16.1. The largest absolute Gasteiger partial charge is 0.352 e. The Hall–Kier alpha value is -3.42. The molecule has 0 aliphatic carbocycles. The standard InChI is InChI=1S/C25H27FN6O/c1-17-21-5-3-12-31(15-18-6-8-20(26)9-7-18)24(21)30-23(29-17)19-4-2-13-32(16-19)25(33)22-14-27-10-11-28-22/h6-11,14,19H,2-5,12-13,15-16H2,1H3/t19-/m0/s1. The molecule has 170 valence electrons. The van der Waals surface area contributed by atoms with Crippen molar-refractivity contribution >= 4 is 11.7 Å². The number of fused-ring (bicyclic) bond motifs is 1. The van der Waals surface area contributed by atoms with Crippen LogP contribution in [-0.4, -0.2) is 50.4 Å². The van der Waals surface area contributed by atoms with Gasteiger partial charge in [0.1, 0.15) is 23.2 Å². The Balaban J connectivity index is 1.39. The molecular formula is C25H27FN6O. The fraction of sp³-hybridized carbons (Fsp3) is 0.400. The molecule has 0 N–H and O–H groups in total. The molecule has 2 aliphatic rings. The Morgan fingerprint density at radius 3 is 2.76 bits per heavy atom. The Morgan fingerprint density at radius 1 is 1.12 bits per heavy atom. The van der Waals surface area contributed by atoms with E-state index < -0.39 is 0 Å².